The lowest BCUT2D eigenvalue weighted by molar-refractivity contribution is -0.129. The van der Waals surface area contributed by atoms with E-state index in [0.717, 1.165) is 41.9 Å². The van der Waals surface area contributed by atoms with Crippen molar-refractivity contribution in [2.75, 3.05) is 18.8 Å². The quantitative estimate of drug-likeness (QED) is 0.490. The number of thioether (sulfide) groups is 1. The van der Waals surface area contributed by atoms with Gasteiger partial charge in [0.2, 0.25) is 5.91 Å². The molecule has 0 radical (unpaired) electrons. The molecule has 1 aromatic carbocycles. The number of piperidine rings is 1. The van der Waals surface area contributed by atoms with Crippen LogP contribution in [-0.2, 0) is 4.79 Å². The number of aryl methyl sites for hydroxylation is 1. The summed E-state index contributed by atoms with van der Waals surface area (Å²) in [5.41, 5.74) is 1.34. The molecule has 8 heteroatoms. The molecular formula is C21H22FN3O2S2. The average molecular weight is 432 g/mol. The number of nitrogens with zero attached hydrogens (tertiary/aromatic N) is 2. The van der Waals surface area contributed by atoms with Gasteiger partial charge in [0, 0.05) is 23.5 Å². The fraction of sp³-hybridized carbons (Fsp3) is 0.381. The van der Waals surface area contributed by atoms with Crippen molar-refractivity contribution in [1.82, 2.24) is 14.9 Å². The second kappa shape index (κ2) is 8.28. The first-order valence-corrected chi connectivity index (χ1v) is 11.4. The van der Waals surface area contributed by atoms with Gasteiger partial charge in [-0.15, -0.1) is 11.3 Å². The number of aromatic nitrogens is 2. The number of benzene rings is 1. The molecular weight excluding hydrogens is 409 g/mol. The van der Waals surface area contributed by atoms with Gasteiger partial charge in [0.1, 0.15) is 10.6 Å². The second-order valence-electron chi connectivity index (χ2n) is 7.44. The summed E-state index contributed by atoms with van der Waals surface area (Å²) in [6.45, 7) is 5.74. The van der Waals surface area contributed by atoms with Gasteiger partial charge in [-0.1, -0.05) is 30.8 Å². The fourth-order valence-electron chi connectivity index (χ4n) is 3.61. The number of likely N-dealkylation sites (tertiary alicyclic amines) is 1. The smallest absolute Gasteiger partial charge is 0.260 e. The molecule has 4 rings (SSSR count). The lowest BCUT2D eigenvalue weighted by atomic mass is 9.99. The van der Waals surface area contributed by atoms with E-state index in [9.17, 15) is 14.0 Å². The maximum atomic E-state index is 13.3. The molecule has 0 aliphatic carbocycles. The van der Waals surface area contributed by atoms with E-state index in [0.29, 0.717) is 21.3 Å². The van der Waals surface area contributed by atoms with Crippen molar-refractivity contribution >= 4 is 39.2 Å². The van der Waals surface area contributed by atoms with E-state index in [-0.39, 0.29) is 23.0 Å². The normalized spacial score (nSPS) is 15.2. The highest BCUT2D eigenvalue weighted by atomic mass is 32.2. The molecule has 0 saturated carbocycles. The number of hydrogen-bond acceptors (Lipinski definition) is 5. The molecule has 3 heterocycles. The highest BCUT2D eigenvalue weighted by Crippen LogP contribution is 2.36. The molecule has 1 fully saturated rings. The van der Waals surface area contributed by atoms with Crippen LogP contribution in [0.3, 0.4) is 0 Å². The summed E-state index contributed by atoms with van der Waals surface area (Å²) in [4.78, 5) is 36.1. The third-order valence-corrected chi connectivity index (χ3v) is 7.18. The Morgan fingerprint density at radius 3 is 2.69 bits per heavy atom. The predicted molar refractivity (Wildman–Crippen MR) is 116 cm³/mol. The van der Waals surface area contributed by atoms with Crippen molar-refractivity contribution in [1.29, 1.82) is 0 Å². The van der Waals surface area contributed by atoms with Gasteiger partial charge in [0.25, 0.3) is 5.56 Å². The number of rotatable bonds is 4. The lowest BCUT2D eigenvalue weighted by Gasteiger charge is -2.30. The Morgan fingerprint density at radius 2 is 2.00 bits per heavy atom. The van der Waals surface area contributed by atoms with Crippen LogP contribution in [0.1, 0.15) is 24.6 Å². The Bertz CT molecular complexity index is 1100. The zero-order valence-corrected chi connectivity index (χ0v) is 18.0. The van der Waals surface area contributed by atoms with Gasteiger partial charge in [-0.3, -0.25) is 9.59 Å². The number of amides is 1. The van der Waals surface area contributed by atoms with Crippen molar-refractivity contribution in [2.45, 2.75) is 31.8 Å². The second-order valence-corrected chi connectivity index (χ2v) is 9.61. The Labute approximate surface area is 176 Å². The summed E-state index contributed by atoms with van der Waals surface area (Å²) >= 11 is 2.70. The molecule has 5 nitrogen and oxygen atoms in total. The Kier molecular flexibility index (Phi) is 5.74. The van der Waals surface area contributed by atoms with E-state index in [1.54, 1.807) is 12.1 Å². The molecule has 152 valence electrons. The van der Waals surface area contributed by atoms with Crippen molar-refractivity contribution in [3.8, 4) is 11.1 Å². The van der Waals surface area contributed by atoms with Crippen LogP contribution in [0.2, 0.25) is 0 Å². The van der Waals surface area contributed by atoms with Crippen molar-refractivity contribution in [2.24, 2.45) is 5.92 Å². The molecule has 1 aliphatic rings. The van der Waals surface area contributed by atoms with Crippen molar-refractivity contribution in [3.63, 3.8) is 0 Å². The zero-order valence-electron chi connectivity index (χ0n) is 16.3. The minimum atomic E-state index is -0.315. The van der Waals surface area contributed by atoms with E-state index in [1.165, 1.54) is 35.2 Å². The number of carbonyl (C=O) groups excluding carboxylic acids is 1. The van der Waals surface area contributed by atoms with Gasteiger partial charge in [-0.05, 0) is 43.4 Å². The molecule has 29 heavy (non-hydrogen) atoms. The number of hydrogen-bond donors (Lipinski definition) is 1. The summed E-state index contributed by atoms with van der Waals surface area (Å²) in [6, 6.07) is 6.11. The van der Waals surface area contributed by atoms with E-state index in [1.807, 2.05) is 11.8 Å². The monoisotopic (exact) mass is 431 g/mol. The minimum absolute atomic E-state index is 0.0824. The highest BCUT2D eigenvalue weighted by molar-refractivity contribution is 7.99. The van der Waals surface area contributed by atoms with E-state index < -0.39 is 0 Å². The summed E-state index contributed by atoms with van der Waals surface area (Å²) in [5, 5.41) is 0.966. The summed E-state index contributed by atoms with van der Waals surface area (Å²) in [5.74, 6) is 0.700. The van der Waals surface area contributed by atoms with Gasteiger partial charge >= 0.3 is 0 Å². The van der Waals surface area contributed by atoms with Gasteiger partial charge in [0.15, 0.2) is 5.16 Å². The number of aromatic amines is 1. The minimum Gasteiger partial charge on any atom is -0.342 e. The molecule has 0 bridgehead atoms. The number of nitrogens with one attached hydrogen (secondary N) is 1. The number of halogens is 1. The highest BCUT2D eigenvalue weighted by Gasteiger charge is 2.21. The number of fused-ring (bicyclic) bond motifs is 1. The van der Waals surface area contributed by atoms with Gasteiger partial charge < -0.3 is 9.88 Å². The van der Waals surface area contributed by atoms with Crippen LogP contribution in [0, 0.1) is 18.7 Å². The first-order chi connectivity index (χ1) is 13.9. The van der Waals surface area contributed by atoms with Crippen LogP contribution in [0.5, 0.6) is 0 Å². The number of H-pyrrole nitrogens is 1. The standard InChI is InChI=1S/C21H22FN3O2S2/c1-12-7-9-25(10-8-12)16(26)11-28-21-23-19(27)18-17(13(2)29-20(18)24-21)14-3-5-15(22)6-4-14/h3-6,12H,7-11H2,1-2H3,(H,23,24,27). The predicted octanol–water partition coefficient (Wildman–Crippen LogP) is 4.45. The largest absolute Gasteiger partial charge is 0.342 e. The molecule has 1 aliphatic heterocycles. The third kappa shape index (κ3) is 4.23. The molecule has 1 saturated heterocycles. The summed E-state index contributed by atoms with van der Waals surface area (Å²) in [7, 11) is 0. The van der Waals surface area contributed by atoms with Gasteiger partial charge in [0.05, 0.1) is 11.1 Å². The summed E-state index contributed by atoms with van der Waals surface area (Å²) < 4.78 is 13.3. The summed E-state index contributed by atoms with van der Waals surface area (Å²) in [6.07, 6.45) is 2.08. The molecule has 0 unspecified atom stereocenters. The van der Waals surface area contributed by atoms with Crippen LogP contribution >= 0.6 is 23.1 Å². The molecule has 1 amide bonds. The Hall–Kier alpha value is -2.19. The maximum absolute atomic E-state index is 13.3. The first-order valence-electron chi connectivity index (χ1n) is 9.62. The van der Waals surface area contributed by atoms with Crippen LogP contribution < -0.4 is 5.56 Å². The zero-order chi connectivity index (χ0) is 20.5. The van der Waals surface area contributed by atoms with Crippen LogP contribution in [0.15, 0.2) is 34.2 Å². The van der Waals surface area contributed by atoms with Crippen molar-refractivity contribution in [3.05, 3.63) is 45.3 Å². The Balaban J connectivity index is 1.56. The first kappa shape index (κ1) is 20.1. The number of thiophene rings is 1. The lowest BCUT2D eigenvalue weighted by Crippen LogP contribution is -2.38. The molecule has 0 atom stereocenters. The van der Waals surface area contributed by atoms with Crippen molar-refractivity contribution < 1.29 is 9.18 Å². The van der Waals surface area contributed by atoms with E-state index in [2.05, 4.69) is 16.9 Å². The van der Waals surface area contributed by atoms with Gasteiger partial charge in [-0.25, -0.2) is 9.37 Å². The molecule has 0 spiro atoms. The Morgan fingerprint density at radius 1 is 1.31 bits per heavy atom. The van der Waals surface area contributed by atoms with E-state index in [4.69, 9.17) is 0 Å². The molecule has 3 aromatic rings. The van der Waals surface area contributed by atoms with Crippen LogP contribution in [0.25, 0.3) is 21.3 Å². The number of carbonyl (C=O) groups is 1. The third-order valence-electron chi connectivity index (χ3n) is 5.32. The maximum Gasteiger partial charge on any atom is 0.260 e. The SMILES string of the molecule is Cc1sc2nc(SCC(=O)N3CCC(C)CC3)[nH]c(=O)c2c1-c1ccc(F)cc1. The topological polar surface area (TPSA) is 66.1 Å². The molecule has 2 aromatic heterocycles. The van der Waals surface area contributed by atoms with E-state index >= 15 is 0 Å². The van der Waals surface area contributed by atoms with Crippen LogP contribution in [0.4, 0.5) is 4.39 Å². The van der Waals surface area contributed by atoms with Gasteiger partial charge in [-0.2, -0.15) is 0 Å². The average Bonchev–Trinajstić information content (AvgIpc) is 3.03. The fourth-order valence-corrected chi connectivity index (χ4v) is 5.48. The van der Waals surface area contributed by atoms with Crippen LogP contribution in [-0.4, -0.2) is 39.6 Å². The molecule has 1 N–H and O–H groups in total.